The van der Waals surface area contributed by atoms with E-state index < -0.39 is 0 Å². The predicted molar refractivity (Wildman–Crippen MR) is 125 cm³/mol. The van der Waals surface area contributed by atoms with Gasteiger partial charge in [-0.3, -0.25) is 14.6 Å². The van der Waals surface area contributed by atoms with E-state index in [-0.39, 0.29) is 49.4 Å². The van der Waals surface area contributed by atoms with Gasteiger partial charge in [0.05, 0.1) is 31.7 Å². The molecule has 2 saturated heterocycles. The van der Waals surface area contributed by atoms with Crippen LogP contribution in [0.1, 0.15) is 22.7 Å². The summed E-state index contributed by atoms with van der Waals surface area (Å²) in [4.78, 5) is 33.4. The molecule has 6 nitrogen and oxygen atoms in total. The summed E-state index contributed by atoms with van der Waals surface area (Å²) in [6, 6.07) is 21.9. The lowest BCUT2D eigenvalue weighted by Gasteiger charge is -2.58. The summed E-state index contributed by atoms with van der Waals surface area (Å²) in [5.74, 6) is -0.203. The average Bonchev–Trinajstić information content (AvgIpc) is 2.82. The largest absolute Gasteiger partial charge is 0.394 e. The molecular weight excluding hydrogens is 414 g/mol. The third-order valence-corrected chi connectivity index (χ3v) is 6.84. The number of aliphatic hydroxyl groups is 1. The molecule has 1 N–H and O–H groups in total. The highest BCUT2D eigenvalue weighted by Gasteiger charge is 2.54. The van der Waals surface area contributed by atoms with Gasteiger partial charge in [-0.15, -0.1) is 0 Å². The Morgan fingerprint density at radius 1 is 1.03 bits per heavy atom. The Morgan fingerprint density at radius 2 is 1.73 bits per heavy atom. The van der Waals surface area contributed by atoms with Gasteiger partial charge in [-0.1, -0.05) is 60.2 Å². The molecule has 1 aromatic heterocycles. The van der Waals surface area contributed by atoms with Crippen LogP contribution in [0, 0.1) is 6.92 Å². The van der Waals surface area contributed by atoms with Gasteiger partial charge in [-0.2, -0.15) is 0 Å². The first-order chi connectivity index (χ1) is 16.0. The van der Waals surface area contributed by atoms with Gasteiger partial charge in [0.2, 0.25) is 11.8 Å². The predicted octanol–water partition coefficient (Wildman–Crippen LogP) is 2.80. The summed E-state index contributed by atoms with van der Waals surface area (Å²) in [5.41, 5.74) is 5.28. The zero-order valence-electron chi connectivity index (χ0n) is 18.6. The SMILES string of the molecule is Cc1ccc(-c2ccc([C@@H]3[C@H]4CN(C(=O)Cc5ccccn5)CC(=O)N4[C@H]3CO)cc2)cc1. The summed E-state index contributed by atoms with van der Waals surface area (Å²) in [6.45, 7) is 2.50. The lowest BCUT2D eigenvalue weighted by molar-refractivity contribution is -0.166. The molecule has 0 saturated carbocycles. The number of rotatable bonds is 5. The van der Waals surface area contributed by atoms with Crippen LogP contribution in [-0.2, 0) is 16.0 Å². The number of benzene rings is 2. The number of aromatic nitrogens is 1. The fraction of sp³-hybridized carbons (Fsp3) is 0.296. The topological polar surface area (TPSA) is 73.7 Å². The Hall–Kier alpha value is -3.51. The molecule has 33 heavy (non-hydrogen) atoms. The van der Waals surface area contributed by atoms with Crippen LogP contribution in [0.5, 0.6) is 0 Å². The van der Waals surface area contributed by atoms with Crippen molar-refractivity contribution in [2.24, 2.45) is 0 Å². The molecule has 0 unspecified atom stereocenters. The zero-order chi connectivity index (χ0) is 22.9. The molecule has 2 aliphatic heterocycles. The van der Waals surface area contributed by atoms with Gasteiger partial charge >= 0.3 is 0 Å². The van der Waals surface area contributed by atoms with E-state index in [1.54, 1.807) is 16.0 Å². The van der Waals surface area contributed by atoms with Crippen molar-refractivity contribution in [3.05, 3.63) is 89.7 Å². The van der Waals surface area contributed by atoms with E-state index in [1.165, 1.54) is 5.56 Å². The number of hydrogen-bond acceptors (Lipinski definition) is 4. The monoisotopic (exact) mass is 441 g/mol. The molecule has 6 heteroatoms. The molecule has 168 valence electrons. The first-order valence-electron chi connectivity index (χ1n) is 11.3. The van der Waals surface area contributed by atoms with Crippen LogP contribution >= 0.6 is 0 Å². The van der Waals surface area contributed by atoms with Crippen LogP contribution < -0.4 is 0 Å². The third kappa shape index (κ3) is 4.02. The van der Waals surface area contributed by atoms with Crippen LogP contribution in [0.15, 0.2) is 72.9 Å². The summed E-state index contributed by atoms with van der Waals surface area (Å²) in [7, 11) is 0. The Bertz CT molecular complexity index is 1150. The van der Waals surface area contributed by atoms with Crippen molar-refractivity contribution in [2.45, 2.75) is 31.3 Å². The summed E-state index contributed by atoms with van der Waals surface area (Å²) in [5, 5.41) is 10.0. The van der Waals surface area contributed by atoms with Gasteiger partial charge in [0.1, 0.15) is 0 Å². The van der Waals surface area contributed by atoms with Crippen LogP contribution in [-0.4, -0.2) is 63.5 Å². The van der Waals surface area contributed by atoms with Crippen molar-refractivity contribution >= 4 is 11.8 Å². The molecule has 2 aromatic carbocycles. The van der Waals surface area contributed by atoms with E-state index in [0.29, 0.717) is 12.2 Å². The average molecular weight is 442 g/mol. The summed E-state index contributed by atoms with van der Waals surface area (Å²) in [6.07, 6.45) is 1.85. The van der Waals surface area contributed by atoms with Crippen molar-refractivity contribution < 1.29 is 14.7 Å². The van der Waals surface area contributed by atoms with Crippen LogP contribution in [0.2, 0.25) is 0 Å². The number of aryl methyl sites for hydroxylation is 1. The zero-order valence-corrected chi connectivity index (χ0v) is 18.6. The molecule has 3 heterocycles. The lowest BCUT2D eigenvalue weighted by Crippen LogP contribution is -2.73. The highest BCUT2D eigenvalue weighted by Crippen LogP contribution is 2.43. The molecule has 0 radical (unpaired) electrons. The Balaban J connectivity index is 1.34. The van der Waals surface area contributed by atoms with E-state index in [1.807, 2.05) is 18.2 Å². The molecule has 2 fully saturated rings. The molecular formula is C27H27N3O3. The second-order valence-corrected chi connectivity index (χ2v) is 8.90. The van der Waals surface area contributed by atoms with Crippen LogP contribution in [0.4, 0.5) is 0 Å². The van der Waals surface area contributed by atoms with Gasteiger partial charge in [-0.25, -0.2) is 0 Å². The van der Waals surface area contributed by atoms with Crippen molar-refractivity contribution in [3.63, 3.8) is 0 Å². The first-order valence-corrected chi connectivity index (χ1v) is 11.3. The minimum atomic E-state index is -0.249. The number of nitrogens with zero attached hydrogens (tertiary/aromatic N) is 3. The molecule has 0 aliphatic carbocycles. The molecule has 3 aromatic rings. The number of aliphatic hydroxyl groups excluding tert-OH is 1. The van der Waals surface area contributed by atoms with Crippen molar-refractivity contribution in [2.75, 3.05) is 19.7 Å². The summed E-state index contributed by atoms with van der Waals surface area (Å²) >= 11 is 0. The fourth-order valence-electron chi connectivity index (χ4n) is 5.10. The number of carbonyl (C=O) groups is 2. The maximum Gasteiger partial charge on any atom is 0.242 e. The highest BCUT2D eigenvalue weighted by molar-refractivity contribution is 5.88. The number of carbonyl (C=O) groups excluding carboxylic acids is 2. The van der Waals surface area contributed by atoms with E-state index in [4.69, 9.17) is 0 Å². The van der Waals surface area contributed by atoms with Crippen molar-refractivity contribution in [1.29, 1.82) is 0 Å². The third-order valence-electron chi connectivity index (χ3n) is 6.84. The molecule has 5 rings (SSSR count). The smallest absolute Gasteiger partial charge is 0.242 e. The molecule has 3 atom stereocenters. The van der Waals surface area contributed by atoms with Crippen LogP contribution in [0.25, 0.3) is 11.1 Å². The molecule has 0 bridgehead atoms. The molecule has 2 aliphatic rings. The number of amides is 2. The van der Waals surface area contributed by atoms with Crippen molar-refractivity contribution in [3.8, 4) is 11.1 Å². The van der Waals surface area contributed by atoms with E-state index >= 15 is 0 Å². The van der Waals surface area contributed by atoms with Crippen LogP contribution in [0.3, 0.4) is 0 Å². The maximum absolute atomic E-state index is 12.9. The minimum Gasteiger partial charge on any atom is -0.394 e. The normalized spacial score (nSPS) is 22.0. The minimum absolute atomic E-state index is 0.00327. The first kappa shape index (κ1) is 21.3. The second-order valence-electron chi connectivity index (χ2n) is 8.90. The van der Waals surface area contributed by atoms with E-state index in [9.17, 15) is 14.7 Å². The fourth-order valence-corrected chi connectivity index (χ4v) is 5.10. The second kappa shape index (κ2) is 8.79. The number of fused-ring (bicyclic) bond motifs is 1. The molecule has 0 spiro atoms. The van der Waals surface area contributed by atoms with Crippen molar-refractivity contribution in [1.82, 2.24) is 14.8 Å². The van der Waals surface area contributed by atoms with E-state index in [2.05, 4.69) is 60.4 Å². The van der Waals surface area contributed by atoms with Gasteiger partial charge in [0.15, 0.2) is 0 Å². The number of pyridine rings is 1. The molecule has 2 amide bonds. The van der Waals surface area contributed by atoms with Gasteiger partial charge < -0.3 is 14.9 Å². The van der Waals surface area contributed by atoms with Gasteiger partial charge in [-0.05, 0) is 35.7 Å². The van der Waals surface area contributed by atoms with Gasteiger partial charge in [0.25, 0.3) is 0 Å². The standard InChI is InChI=1S/C27H27N3O3/c1-18-5-7-19(8-6-18)20-9-11-21(12-10-20)27-23-15-29(16-26(33)30(23)24(27)17-31)25(32)14-22-4-2-3-13-28-22/h2-13,23-24,27,31H,14-17H2,1H3/t23-,24+,27-/m1/s1. The Kier molecular flexibility index (Phi) is 5.68. The Morgan fingerprint density at radius 3 is 2.36 bits per heavy atom. The quantitative estimate of drug-likeness (QED) is 0.661. The van der Waals surface area contributed by atoms with E-state index in [0.717, 1.165) is 16.7 Å². The maximum atomic E-state index is 12.9. The number of piperazine rings is 1. The number of hydrogen-bond donors (Lipinski definition) is 1. The summed E-state index contributed by atoms with van der Waals surface area (Å²) < 4.78 is 0. The highest BCUT2D eigenvalue weighted by atomic mass is 16.3. The lowest BCUT2D eigenvalue weighted by atomic mass is 9.73. The van der Waals surface area contributed by atoms with Gasteiger partial charge in [0, 0.05) is 24.4 Å². The Labute approximate surface area is 193 Å².